The number of benzene rings is 2. The minimum atomic E-state index is -0.0858. The fraction of sp³-hybridized carbons (Fsp3) is 0.280. The lowest BCUT2D eigenvalue weighted by Crippen LogP contribution is -2.28. The molecule has 30 heavy (non-hydrogen) atoms. The predicted molar refractivity (Wildman–Crippen MR) is 121 cm³/mol. The largest absolute Gasteiger partial charge is 0.495 e. The number of methoxy groups -OCH3 is 1. The number of hydrogen-bond donors (Lipinski definition) is 1. The summed E-state index contributed by atoms with van der Waals surface area (Å²) >= 11 is 6.35. The van der Waals surface area contributed by atoms with Crippen LogP contribution in [0.3, 0.4) is 0 Å². The van der Waals surface area contributed by atoms with Crippen molar-refractivity contribution in [3.63, 3.8) is 0 Å². The Kier molecular flexibility index (Phi) is 4.37. The number of pyridine rings is 1. The number of ketones is 1. The van der Waals surface area contributed by atoms with Gasteiger partial charge in [0.05, 0.1) is 29.0 Å². The fourth-order valence-corrected chi connectivity index (χ4v) is 4.93. The molecule has 0 saturated carbocycles. The van der Waals surface area contributed by atoms with Crippen LogP contribution < -0.4 is 4.74 Å². The first-order valence-corrected chi connectivity index (χ1v) is 10.5. The van der Waals surface area contributed by atoms with Crippen molar-refractivity contribution >= 4 is 39.2 Å². The van der Waals surface area contributed by atoms with Gasteiger partial charge in [0.2, 0.25) is 0 Å². The number of rotatable bonds is 3. The number of H-pyrrole nitrogens is 1. The van der Waals surface area contributed by atoms with Gasteiger partial charge in [-0.15, -0.1) is 0 Å². The summed E-state index contributed by atoms with van der Waals surface area (Å²) in [4.78, 5) is 21.7. The number of nitrogens with one attached hydrogen (secondary N) is 1. The average Bonchev–Trinajstić information content (AvgIpc) is 3.07. The molecule has 0 unspecified atom stereocenters. The van der Waals surface area contributed by atoms with Gasteiger partial charge in [-0.3, -0.25) is 9.78 Å². The fourth-order valence-electron chi connectivity index (χ4n) is 4.65. The molecule has 152 valence electrons. The minimum absolute atomic E-state index is 0.0858. The van der Waals surface area contributed by atoms with E-state index in [4.69, 9.17) is 21.3 Å². The summed E-state index contributed by atoms with van der Waals surface area (Å²) in [7, 11) is 1.61. The first kappa shape index (κ1) is 19.1. The van der Waals surface area contributed by atoms with Gasteiger partial charge in [-0.2, -0.15) is 0 Å². The van der Waals surface area contributed by atoms with Gasteiger partial charge < -0.3 is 9.72 Å². The molecule has 2 aromatic heterocycles. The van der Waals surface area contributed by atoms with Crippen LogP contribution in [-0.4, -0.2) is 22.9 Å². The number of para-hydroxylation sites is 1. The lowest BCUT2D eigenvalue weighted by Gasteiger charge is -2.30. The standard InChI is InChI=1S/C25H23ClN2O2/c1-25(2)12-19-23(20(29)13-25)22-15-6-4-5-7-17(15)28-24(22)18(27-19)11-14-8-9-21(30-3)16(26)10-14/h4-10,28H,11-13H2,1-3H3. The van der Waals surface area contributed by atoms with Crippen molar-refractivity contribution in [3.8, 4) is 5.75 Å². The normalized spacial score (nSPS) is 15.5. The van der Waals surface area contributed by atoms with Crippen molar-refractivity contribution in [2.75, 3.05) is 7.11 Å². The van der Waals surface area contributed by atoms with Crippen molar-refractivity contribution in [1.82, 2.24) is 9.97 Å². The van der Waals surface area contributed by atoms with Crippen molar-refractivity contribution in [1.29, 1.82) is 0 Å². The third kappa shape index (κ3) is 3.07. The molecule has 5 heteroatoms. The number of nitrogens with zero attached hydrogens (tertiary/aromatic N) is 1. The summed E-state index contributed by atoms with van der Waals surface area (Å²) in [5, 5.41) is 2.66. The van der Waals surface area contributed by atoms with Crippen LogP contribution in [0.4, 0.5) is 0 Å². The number of carbonyl (C=O) groups excluding carboxylic acids is 1. The molecule has 0 saturated heterocycles. The van der Waals surface area contributed by atoms with Crippen LogP contribution in [0, 0.1) is 5.41 Å². The van der Waals surface area contributed by atoms with Gasteiger partial charge in [-0.05, 0) is 35.6 Å². The summed E-state index contributed by atoms with van der Waals surface area (Å²) in [5.41, 5.74) is 5.56. The third-order valence-corrected chi connectivity index (χ3v) is 6.25. The topological polar surface area (TPSA) is 55.0 Å². The Labute approximate surface area is 180 Å². The number of halogens is 1. The summed E-state index contributed by atoms with van der Waals surface area (Å²) in [5.74, 6) is 0.837. The lowest BCUT2D eigenvalue weighted by atomic mass is 9.74. The second-order valence-electron chi connectivity index (χ2n) is 8.89. The Morgan fingerprint density at radius 3 is 2.73 bits per heavy atom. The summed E-state index contributed by atoms with van der Waals surface area (Å²) in [6.07, 6.45) is 1.96. The van der Waals surface area contributed by atoms with Gasteiger partial charge in [0.25, 0.3) is 0 Å². The van der Waals surface area contributed by atoms with Crippen LogP contribution in [0.1, 0.15) is 47.6 Å². The number of Topliss-reactive ketones (excluding diaryl/α,β-unsaturated/α-hetero) is 1. The number of ether oxygens (including phenoxy) is 1. The molecule has 2 heterocycles. The third-order valence-electron chi connectivity index (χ3n) is 5.95. The van der Waals surface area contributed by atoms with E-state index in [1.165, 1.54) is 0 Å². The molecule has 1 aliphatic rings. The zero-order chi connectivity index (χ0) is 21.0. The highest BCUT2D eigenvalue weighted by Gasteiger charge is 2.34. The number of carbonyl (C=O) groups is 1. The van der Waals surface area contributed by atoms with E-state index < -0.39 is 0 Å². The molecule has 5 rings (SSSR count). The molecule has 1 aliphatic carbocycles. The van der Waals surface area contributed by atoms with E-state index in [9.17, 15) is 4.79 Å². The summed E-state index contributed by atoms with van der Waals surface area (Å²) in [6.45, 7) is 4.27. The molecule has 0 fully saturated rings. The van der Waals surface area contributed by atoms with Crippen LogP contribution in [-0.2, 0) is 12.8 Å². The van der Waals surface area contributed by atoms with Gasteiger partial charge >= 0.3 is 0 Å². The van der Waals surface area contributed by atoms with E-state index >= 15 is 0 Å². The van der Waals surface area contributed by atoms with E-state index in [0.29, 0.717) is 23.6 Å². The van der Waals surface area contributed by atoms with Crippen LogP contribution in [0.25, 0.3) is 21.8 Å². The first-order valence-electron chi connectivity index (χ1n) is 10.1. The Balaban J connectivity index is 1.75. The lowest BCUT2D eigenvalue weighted by molar-refractivity contribution is 0.0912. The second kappa shape index (κ2) is 6.85. The maximum atomic E-state index is 13.2. The number of aromatic amines is 1. The zero-order valence-corrected chi connectivity index (χ0v) is 18.1. The van der Waals surface area contributed by atoms with Crippen molar-refractivity contribution in [2.24, 2.45) is 5.41 Å². The van der Waals surface area contributed by atoms with Crippen LogP contribution >= 0.6 is 11.6 Å². The molecule has 0 bridgehead atoms. The van der Waals surface area contributed by atoms with E-state index in [1.54, 1.807) is 7.11 Å². The smallest absolute Gasteiger partial charge is 0.165 e. The molecule has 0 amide bonds. The monoisotopic (exact) mass is 418 g/mol. The highest BCUT2D eigenvalue weighted by molar-refractivity contribution is 6.32. The molecular formula is C25H23ClN2O2. The van der Waals surface area contributed by atoms with Gasteiger partial charge in [-0.1, -0.05) is 49.7 Å². The van der Waals surface area contributed by atoms with Crippen LogP contribution in [0.2, 0.25) is 5.02 Å². The Bertz CT molecular complexity index is 1320. The van der Waals surface area contributed by atoms with Gasteiger partial charge in [0.1, 0.15) is 5.75 Å². The summed E-state index contributed by atoms with van der Waals surface area (Å²) in [6, 6.07) is 14.0. The first-order chi connectivity index (χ1) is 14.4. The molecule has 1 N–H and O–H groups in total. The van der Waals surface area contributed by atoms with Crippen LogP contribution in [0.5, 0.6) is 5.75 Å². The second-order valence-corrected chi connectivity index (χ2v) is 9.29. The van der Waals surface area contributed by atoms with E-state index in [2.05, 4.69) is 24.9 Å². The SMILES string of the molecule is COc1ccc(Cc2nc3c(c4c2[nH]c2ccccc24)C(=O)CC(C)(C)C3)cc1Cl. The Morgan fingerprint density at radius 1 is 1.17 bits per heavy atom. The zero-order valence-electron chi connectivity index (χ0n) is 17.3. The number of aromatic nitrogens is 2. The average molecular weight is 419 g/mol. The molecular weight excluding hydrogens is 396 g/mol. The molecule has 0 radical (unpaired) electrons. The van der Waals surface area contributed by atoms with E-state index in [-0.39, 0.29) is 11.2 Å². The van der Waals surface area contributed by atoms with Crippen molar-refractivity contribution in [2.45, 2.75) is 33.1 Å². The minimum Gasteiger partial charge on any atom is -0.495 e. The quantitative estimate of drug-likeness (QED) is 0.435. The van der Waals surface area contributed by atoms with Crippen molar-refractivity contribution in [3.05, 3.63) is 70.0 Å². The van der Waals surface area contributed by atoms with Gasteiger partial charge in [-0.25, -0.2) is 0 Å². The molecule has 0 spiro atoms. The highest BCUT2D eigenvalue weighted by Crippen LogP contribution is 2.40. The number of hydrogen-bond acceptors (Lipinski definition) is 3. The Morgan fingerprint density at radius 2 is 1.97 bits per heavy atom. The molecule has 2 aromatic carbocycles. The van der Waals surface area contributed by atoms with Crippen LogP contribution in [0.15, 0.2) is 42.5 Å². The molecule has 0 atom stereocenters. The molecule has 0 aliphatic heterocycles. The molecule has 4 aromatic rings. The van der Waals surface area contributed by atoms with E-state index in [1.807, 2.05) is 36.4 Å². The van der Waals surface area contributed by atoms with Gasteiger partial charge in [0, 0.05) is 34.7 Å². The maximum Gasteiger partial charge on any atom is 0.165 e. The highest BCUT2D eigenvalue weighted by atomic mass is 35.5. The Hall–Kier alpha value is -2.85. The van der Waals surface area contributed by atoms with E-state index in [0.717, 1.165) is 50.7 Å². The van der Waals surface area contributed by atoms with Crippen molar-refractivity contribution < 1.29 is 9.53 Å². The molecule has 4 nitrogen and oxygen atoms in total. The maximum absolute atomic E-state index is 13.2. The number of fused-ring (bicyclic) bond motifs is 5. The summed E-state index contributed by atoms with van der Waals surface area (Å²) < 4.78 is 5.28. The predicted octanol–water partition coefficient (Wildman–Crippen LogP) is 6.12. The van der Waals surface area contributed by atoms with Gasteiger partial charge in [0.15, 0.2) is 5.78 Å².